The highest BCUT2D eigenvalue weighted by Crippen LogP contribution is 2.19. The number of carbonyl (C=O) groups excluding carboxylic acids is 2. The number of nitrogens with zero attached hydrogens (tertiary/aromatic N) is 2. The molecular weight excluding hydrogens is 322 g/mol. The number of methoxy groups -OCH3 is 1. The molecule has 0 fully saturated rings. The van der Waals surface area contributed by atoms with Crippen molar-refractivity contribution in [2.45, 2.75) is 26.8 Å². The first-order valence-corrected chi connectivity index (χ1v) is 7.84. The van der Waals surface area contributed by atoms with Crippen molar-refractivity contribution in [3.63, 3.8) is 0 Å². The van der Waals surface area contributed by atoms with E-state index in [1.165, 1.54) is 7.11 Å². The van der Waals surface area contributed by atoms with Crippen LogP contribution in [0.2, 0.25) is 0 Å². The molecule has 2 amide bonds. The predicted molar refractivity (Wildman–Crippen MR) is 96.9 cm³/mol. The van der Waals surface area contributed by atoms with Crippen molar-refractivity contribution in [3.05, 3.63) is 35.7 Å². The third-order valence-corrected chi connectivity index (χ3v) is 3.85. The van der Waals surface area contributed by atoms with E-state index in [0.29, 0.717) is 5.69 Å². The van der Waals surface area contributed by atoms with Crippen LogP contribution in [-0.4, -0.2) is 34.9 Å². The highest BCUT2D eigenvalue weighted by atomic mass is 16.5. The second-order valence-corrected chi connectivity index (χ2v) is 5.72. The number of hydrogen-bond donors (Lipinski definition) is 3. The molecule has 3 N–H and O–H groups in total. The largest absolute Gasteiger partial charge is 0.453 e. The van der Waals surface area contributed by atoms with Crippen LogP contribution in [0, 0.1) is 13.8 Å². The highest BCUT2D eigenvalue weighted by molar-refractivity contribution is 5.97. The van der Waals surface area contributed by atoms with Gasteiger partial charge in [-0.2, -0.15) is 5.10 Å². The van der Waals surface area contributed by atoms with Gasteiger partial charge in [-0.05, 0) is 45.0 Å². The van der Waals surface area contributed by atoms with E-state index in [0.717, 1.165) is 22.8 Å². The second-order valence-electron chi connectivity index (χ2n) is 5.72. The Balaban J connectivity index is 1.97. The number of nitrogens with one attached hydrogen (secondary N) is 3. The number of carbonyl (C=O) groups is 2. The summed E-state index contributed by atoms with van der Waals surface area (Å²) in [6.45, 7) is 5.53. The van der Waals surface area contributed by atoms with Crippen LogP contribution in [0.3, 0.4) is 0 Å². The number of hydrogen-bond acceptors (Lipinski definition) is 5. The molecule has 0 aliphatic carbocycles. The van der Waals surface area contributed by atoms with Gasteiger partial charge >= 0.3 is 6.09 Å². The summed E-state index contributed by atoms with van der Waals surface area (Å²) in [7, 11) is 3.14. The number of ether oxygens (including phenoxy) is 1. The number of benzene rings is 1. The van der Waals surface area contributed by atoms with Gasteiger partial charge in [0.05, 0.1) is 24.2 Å². The van der Waals surface area contributed by atoms with E-state index in [9.17, 15) is 9.59 Å². The van der Waals surface area contributed by atoms with E-state index in [1.807, 2.05) is 20.9 Å². The van der Waals surface area contributed by atoms with Gasteiger partial charge < -0.3 is 15.4 Å². The summed E-state index contributed by atoms with van der Waals surface area (Å²) < 4.78 is 6.26. The molecule has 2 rings (SSSR count). The molecule has 0 saturated heterocycles. The van der Waals surface area contributed by atoms with E-state index < -0.39 is 12.1 Å². The fourth-order valence-electron chi connectivity index (χ4n) is 2.32. The van der Waals surface area contributed by atoms with Gasteiger partial charge in [0.25, 0.3) is 0 Å². The molecule has 0 bridgehead atoms. The van der Waals surface area contributed by atoms with Crippen molar-refractivity contribution in [2.75, 3.05) is 23.1 Å². The first kappa shape index (κ1) is 18.3. The number of rotatable bonds is 5. The standard InChI is InChI=1S/C17H23N5O3/c1-10-15(12(3)22(4)21-10)20-16(23)11(2)18-13-6-8-14(9-7-13)19-17(24)25-5/h6-9,11,18H,1-5H3,(H,19,24)(H,20,23). The molecule has 1 aromatic heterocycles. The van der Waals surface area contributed by atoms with E-state index >= 15 is 0 Å². The zero-order valence-electron chi connectivity index (χ0n) is 15.0. The Morgan fingerprint density at radius 2 is 1.72 bits per heavy atom. The van der Waals surface area contributed by atoms with Gasteiger partial charge in [-0.1, -0.05) is 0 Å². The van der Waals surface area contributed by atoms with Gasteiger partial charge in [-0.15, -0.1) is 0 Å². The van der Waals surface area contributed by atoms with Gasteiger partial charge in [0.2, 0.25) is 5.91 Å². The molecule has 134 valence electrons. The smallest absolute Gasteiger partial charge is 0.411 e. The van der Waals surface area contributed by atoms with Crippen molar-refractivity contribution in [3.8, 4) is 0 Å². The molecule has 1 atom stereocenters. The van der Waals surface area contributed by atoms with Crippen LogP contribution >= 0.6 is 0 Å². The molecule has 0 aliphatic heterocycles. The van der Waals surface area contributed by atoms with E-state index in [-0.39, 0.29) is 5.91 Å². The van der Waals surface area contributed by atoms with Crippen LogP contribution < -0.4 is 16.0 Å². The average Bonchev–Trinajstić information content (AvgIpc) is 2.82. The summed E-state index contributed by atoms with van der Waals surface area (Å²) in [6.07, 6.45) is -0.532. The Bertz CT molecular complexity index is 767. The molecule has 1 unspecified atom stereocenters. The number of aryl methyl sites for hydroxylation is 2. The maximum absolute atomic E-state index is 12.4. The maximum atomic E-state index is 12.4. The molecule has 1 heterocycles. The number of amides is 2. The molecule has 25 heavy (non-hydrogen) atoms. The third kappa shape index (κ3) is 4.50. The van der Waals surface area contributed by atoms with E-state index in [1.54, 1.807) is 35.9 Å². The maximum Gasteiger partial charge on any atom is 0.411 e. The van der Waals surface area contributed by atoms with Gasteiger partial charge in [0.1, 0.15) is 6.04 Å². The van der Waals surface area contributed by atoms with Crippen molar-refractivity contribution in [1.82, 2.24) is 9.78 Å². The van der Waals surface area contributed by atoms with Crippen LogP contribution in [0.1, 0.15) is 18.3 Å². The summed E-state index contributed by atoms with van der Waals surface area (Å²) >= 11 is 0. The first-order chi connectivity index (χ1) is 11.8. The van der Waals surface area contributed by atoms with Gasteiger partial charge in [0.15, 0.2) is 0 Å². The minimum atomic E-state index is -0.532. The lowest BCUT2D eigenvalue weighted by atomic mass is 10.2. The number of aromatic nitrogens is 2. The topological polar surface area (TPSA) is 97.3 Å². The van der Waals surface area contributed by atoms with Crippen LogP contribution in [0.15, 0.2) is 24.3 Å². The molecule has 0 radical (unpaired) electrons. The summed E-state index contributed by atoms with van der Waals surface area (Å²) in [5.41, 5.74) is 3.78. The lowest BCUT2D eigenvalue weighted by molar-refractivity contribution is -0.116. The van der Waals surface area contributed by atoms with Crippen molar-refractivity contribution in [2.24, 2.45) is 7.05 Å². The fourth-order valence-corrected chi connectivity index (χ4v) is 2.32. The summed E-state index contributed by atoms with van der Waals surface area (Å²) in [5.74, 6) is -0.157. The molecule has 0 aliphatic rings. The summed E-state index contributed by atoms with van der Waals surface area (Å²) in [6, 6.07) is 6.54. The van der Waals surface area contributed by atoms with Crippen LogP contribution in [0.5, 0.6) is 0 Å². The third-order valence-electron chi connectivity index (χ3n) is 3.85. The Kier molecular flexibility index (Phi) is 5.63. The Hall–Kier alpha value is -3.03. The molecule has 1 aromatic carbocycles. The van der Waals surface area contributed by atoms with Crippen molar-refractivity contribution in [1.29, 1.82) is 0 Å². The Labute approximate surface area is 146 Å². The predicted octanol–water partition coefficient (Wildman–Crippen LogP) is 2.65. The van der Waals surface area contributed by atoms with Gasteiger partial charge in [0, 0.05) is 18.4 Å². The zero-order chi connectivity index (χ0) is 18.6. The minimum absolute atomic E-state index is 0.157. The lowest BCUT2D eigenvalue weighted by Gasteiger charge is -2.16. The minimum Gasteiger partial charge on any atom is -0.453 e. The second kappa shape index (κ2) is 7.69. The molecule has 2 aromatic rings. The quantitative estimate of drug-likeness (QED) is 0.774. The van der Waals surface area contributed by atoms with Crippen LogP contribution in [0.4, 0.5) is 21.9 Å². The van der Waals surface area contributed by atoms with Gasteiger partial charge in [-0.25, -0.2) is 4.79 Å². The Morgan fingerprint density at radius 1 is 1.12 bits per heavy atom. The van der Waals surface area contributed by atoms with E-state index in [2.05, 4.69) is 25.8 Å². The summed E-state index contributed by atoms with van der Waals surface area (Å²) in [4.78, 5) is 23.6. The molecule has 0 saturated carbocycles. The van der Waals surface area contributed by atoms with E-state index in [4.69, 9.17) is 0 Å². The first-order valence-electron chi connectivity index (χ1n) is 7.84. The molecule has 8 nitrogen and oxygen atoms in total. The highest BCUT2D eigenvalue weighted by Gasteiger charge is 2.17. The fraction of sp³-hybridized carbons (Fsp3) is 0.353. The number of anilines is 3. The normalized spacial score (nSPS) is 11.6. The molecule has 8 heteroatoms. The average molecular weight is 345 g/mol. The van der Waals surface area contributed by atoms with Crippen LogP contribution in [-0.2, 0) is 16.6 Å². The van der Waals surface area contributed by atoms with Crippen LogP contribution in [0.25, 0.3) is 0 Å². The van der Waals surface area contributed by atoms with Crippen molar-refractivity contribution < 1.29 is 14.3 Å². The lowest BCUT2D eigenvalue weighted by Crippen LogP contribution is -2.32. The zero-order valence-corrected chi connectivity index (χ0v) is 15.0. The monoisotopic (exact) mass is 345 g/mol. The van der Waals surface area contributed by atoms with Crippen molar-refractivity contribution >= 4 is 29.1 Å². The SMILES string of the molecule is COC(=O)Nc1ccc(NC(C)C(=O)Nc2c(C)nn(C)c2C)cc1. The Morgan fingerprint density at radius 3 is 2.24 bits per heavy atom. The molecule has 0 spiro atoms. The molecular formula is C17H23N5O3. The van der Waals surface area contributed by atoms with Gasteiger partial charge in [-0.3, -0.25) is 14.8 Å². The summed E-state index contributed by atoms with van der Waals surface area (Å²) in [5, 5.41) is 12.9.